The summed E-state index contributed by atoms with van der Waals surface area (Å²) in [5, 5.41) is 17.8. The van der Waals surface area contributed by atoms with Crippen LogP contribution >= 0.6 is 0 Å². The largest absolute Gasteiger partial charge is 0.481 e. The van der Waals surface area contributed by atoms with Gasteiger partial charge in [0.15, 0.2) is 5.41 Å². The van der Waals surface area contributed by atoms with Crippen molar-refractivity contribution in [2.24, 2.45) is 5.41 Å². The Morgan fingerprint density at radius 1 is 1.53 bits per heavy atom. The van der Waals surface area contributed by atoms with E-state index >= 15 is 0 Å². The zero-order valence-corrected chi connectivity index (χ0v) is 9.50. The summed E-state index contributed by atoms with van der Waals surface area (Å²) in [4.78, 5) is 12.3. The lowest BCUT2D eigenvalue weighted by atomic mass is 9.86. The van der Waals surface area contributed by atoms with Crippen LogP contribution in [0.5, 0.6) is 0 Å². The van der Waals surface area contributed by atoms with Crippen molar-refractivity contribution in [2.45, 2.75) is 32.0 Å². The van der Waals surface area contributed by atoms with E-state index in [1.54, 1.807) is 6.92 Å². The van der Waals surface area contributed by atoms with E-state index in [1.165, 1.54) is 4.90 Å². The number of hydrogen-bond acceptors (Lipinski definition) is 3. The summed E-state index contributed by atoms with van der Waals surface area (Å²) in [7, 11) is 0. The Balaban J connectivity index is 2.70. The summed E-state index contributed by atoms with van der Waals surface area (Å²) in [5.74, 6) is -1.82. The lowest BCUT2D eigenvalue weighted by Crippen LogP contribution is -2.47. The summed E-state index contributed by atoms with van der Waals surface area (Å²) < 4.78 is 38.3. The Kier molecular flexibility index (Phi) is 4.03. The highest BCUT2D eigenvalue weighted by molar-refractivity contribution is 5.76. The molecule has 1 fully saturated rings. The van der Waals surface area contributed by atoms with Crippen molar-refractivity contribution in [3.63, 3.8) is 0 Å². The topological polar surface area (TPSA) is 60.8 Å². The standard InChI is InChI=1S/C10H16F3NO3/c1-7(15)2-4-14-5-3-9(6-14,8(16)17)10(11,12)13/h7,15H,2-6H2,1H3,(H,16,17). The van der Waals surface area contributed by atoms with E-state index < -0.39 is 36.6 Å². The summed E-state index contributed by atoms with van der Waals surface area (Å²) in [6.45, 7) is 1.39. The third-order valence-electron chi connectivity index (χ3n) is 3.16. The maximum atomic E-state index is 12.8. The maximum Gasteiger partial charge on any atom is 0.406 e. The second-order valence-electron chi connectivity index (χ2n) is 4.55. The number of hydrogen-bond donors (Lipinski definition) is 2. The number of aliphatic hydroxyl groups is 1. The lowest BCUT2D eigenvalue weighted by molar-refractivity contribution is -0.227. The van der Waals surface area contributed by atoms with Gasteiger partial charge in [0.25, 0.3) is 0 Å². The minimum Gasteiger partial charge on any atom is -0.481 e. The van der Waals surface area contributed by atoms with Gasteiger partial charge < -0.3 is 15.1 Å². The van der Waals surface area contributed by atoms with Gasteiger partial charge >= 0.3 is 12.1 Å². The van der Waals surface area contributed by atoms with E-state index in [9.17, 15) is 18.0 Å². The van der Waals surface area contributed by atoms with Gasteiger partial charge in [-0.3, -0.25) is 4.79 Å². The van der Waals surface area contributed by atoms with Crippen molar-refractivity contribution in [2.75, 3.05) is 19.6 Å². The number of carboxylic acids is 1. The van der Waals surface area contributed by atoms with E-state index in [0.717, 1.165) is 0 Å². The molecule has 0 aliphatic carbocycles. The molecule has 7 heteroatoms. The Bertz CT molecular complexity index is 293. The zero-order valence-electron chi connectivity index (χ0n) is 9.50. The van der Waals surface area contributed by atoms with Crippen molar-refractivity contribution in [3.05, 3.63) is 0 Å². The molecule has 100 valence electrons. The van der Waals surface area contributed by atoms with Crippen LogP contribution in [-0.4, -0.2) is 53.0 Å². The van der Waals surface area contributed by atoms with Crippen LogP contribution in [0.15, 0.2) is 0 Å². The molecular formula is C10H16F3NO3. The minimum absolute atomic E-state index is 0.0958. The fourth-order valence-electron chi connectivity index (χ4n) is 1.98. The zero-order chi connectivity index (χ0) is 13.3. The molecule has 2 N–H and O–H groups in total. The molecule has 1 aliphatic rings. The van der Waals surface area contributed by atoms with Crippen molar-refractivity contribution >= 4 is 5.97 Å². The summed E-state index contributed by atoms with van der Waals surface area (Å²) in [6.07, 6.45) is -5.42. The first-order valence-corrected chi connectivity index (χ1v) is 5.39. The van der Waals surface area contributed by atoms with Gasteiger partial charge in [0, 0.05) is 13.1 Å². The molecule has 1 rings (SSSR count). The maximum absolute atomic E-state index is 12.8. The highest BCUT2D eigenvalue weighted by atomic mass is 19.4. The normalized spacial score (nSPS) is 28.3. The predicted octanol–water partition coefficient (Wildman–Crippen LogP) is 1.10. The van der Waals surface area contributed by atoms with Crippen LogP contribution in [-0.2, 0) is 4.79 Å². The fourth-order valence-corrected chi connectivity index (χ4v) is 1.98. The molecule has 0 aromatic rings. The van der Waals surface area contributed by atoms with Gasteiger partial charge in [0.1, 0.15) is 0 Å². The Morgan fingerprint density at radius 2 is 2.12 bits per heavy atom. The second-order valence-corrected chi connectivity index (χ2v) is 4.55. The fraction of sp³-hybridized carbons (Fsp3) is 0.900. The molecule has 1 heterocycles. The highest BCUT2D eigenvalue weighted by Crippen LogP contribution is 2.45. The van der Waals surface area contributed by atoms with Crippen LogP contribution < -0.4 is 0 Å². The highest BCUT2D eigenvalue weighted by Gasteiger charge is 2.63. The van der Waals surface area contributed by atoms with E-state index in [0.29, 0.717) is 6.42 Å². The van der Waals surface area contributed by atoms with E-state index in [1.807, 2.05) is 0 Å². The molecule has 17 heavy (non-hydrogen) atoms. The van der Waals surface area contributed by atoms with Crippen LogP contribution in [0.25, 0.3) is 0 Å². The molecule has 1 saturated heterocycles. The quantitative estimate of drug-likeness (QED) is 0.789. The van der Waals surface area contributed by atoms with Crippen molar-refractivity contribution in [1.29, 1.82) is 0 Å². The third kappa shape index (κ3) is 2.90. The molecule has 0 spiro atoms. The number of alkyl halides is 3. The van der Waals surface area contributed by atoms with Crippen LogP contribution in [0.2, 0.25) is 0 Å². The lowest BCUT2D eigenvalue weighted by Gasteiger charge is -2.27. The number of halogens is 3. The second kappa shape index (κ2) is 4.81. The molecule has 2 unspecified atom stereocenters. The van der Waals surface area contributed by atoms with Gasteiger partial charge in [-0.15, -0.1) is 0 Å². The number of carbonyl (C=O) groups is 1. The summed E-state index contributed by atoms with van der Waals surface area (Å²) in [5.41, 5.74) is -2.65. The molecule has 0 amide bonds. The van der Waals surface area contributed by atoms with Crippen LogP contribution in [0.1, 0.15) is 19.8 Å². The summed E-state index contributed by atoms with van der Waals surface area (Å²) >= 11 is 0. The SMILES string of the molecule is CC(O)CCN1CCC(C(=O)O)(C(F)(F)F)C1. The Labute approximate surface area is 97.0 Å². The summed E-state index contributed by atoms with van der Waals surface area (Å²) in [6, 6.07) is 0. The predicted molar refractivity (Wildman–Crippen MR) is 53.5 cm³/mol. The van der Waals surface area contributed by atoms with E-state index in [-0.39, 0.29) is 13.1 Å². The average Bonchev–Trinajstić information content (AvgIpc) is 2.58. The van der Waals surface area contributed by atoms with Gasteiger partial charge in [-0.25, -0.2) is 0 Å². The van der Waals surface area contributed by atoms with Crippen LogP contribution in [0.3, 0.4) is 0 Å². The van der Waals surface area contributed by atoms with E-state index in [4.69, 9.17) is 10.2 Å². The number of nitrogens with zero attached hydrogens (tertiary/aromatic N) is 1. The smallest absolute Gasteiger partial charge is 0.406 e. The minimum atomic E-state index is -4.74. The van der Waals surface area contributed by atoms with Crippen LogP contribution in [0, 0.1) is 5.41 Å². The van der Waals surface area contributed by atoms with Crippen molar-refractivity contribution in [1.82, 2.24) is 4.90 Å². The molecule has 4 nitrogen and oxygen atoms in total. The molecule has 0 aromatic carbocycles. The van der Waals surface area contributed by atoms with Gasteiger partial charge in [-0.2, -0.15) is 13.2 Å². The molecule has 1 aliphatic heterocycles. The first-order valence-electron chi connectivity index (χ1n) is 5.39. The molecule has 2 atom stereocenters. The average molecular weight is 255 g/mol. The number of likely N-dealkylation sites (tertiary alicyclic amines) is 1. The third-order valence-corrected chi connectivity index (χ3v) is 3.16. The molecule has 0 saturated carbocycles. The monoisotopic (exact) mass is 255 g/mol. The van der Waals surface area contributed by atoms with E-state index in [2.05, 4.69) is 0 Å². The van der Waals surface area contributed by atoms with Gasteiger partial charge in [-0.1, -0.05) is 0 Å². The van der Waals surface area contributed by atoms with Crippen LogP contribution in [0.4, 0.5) is 13.2 Å². The number of aliphatic carboxylic acids is 1. The molecular weight excluding hydrogens is 239 g/mol. The number of aliphatic hydroxyl groups excluding tert-OH is 1. The van der Waals surface area contributed by atoms with Crippen molar-refractivity contribution < 1.29 is 28.2 Å². The molecule has 0 radical (unpaired) electrons. The first kappa shape index (κ1) is 14.2. The number of rotatable bonds is 4. The van der Waals surface area contributed by atoms with Gasteiger partial charge in [0.05, 0.1) is 6.10 Å². The van der Waals surface area contributed by atoms with Gasteiger partial charge in [-0.05, 0) is 26.3 Å². The Hall–Kier alpha value is -0.820. The number of carboxylic acid groups (broad SMARTS) is 1. The molecule has 0 bridgehead atoms. The van der Waals surface area contributed by atoms with Crippen molar-refractivity contribution in [3.8, 4) is 0 Å². The Morgan fingerprint density at radius 3 is 2.47 bits per heavy atom. The molecule has 0 aromatic heterocycles. The first-order chi connectivity index (χ1) is 7.69. The van der Waals surface area contributed by atoms with Gasteiger partial charge in [0.2, 0.25) is 0 Å².